The van der Waals surface area contributed by atoms with Gasteiger partial charge in [0.05, 0.1) is 6.61 Å². The molecule has 2 rings (SSSR count). The van der Waals surface area contributed by atoms with Crippen molar-refractivity contribution in [1.29, 1.82) is 0 Å². The van der Waals surface area contributed by atoms with Crippen molar-refractivity contribution >= 4 is 12.2 Å². The summed E-state index contributed by atoms with van der Waals surface area (Å²) in [4.78, 5) is 4.33. The molecule has 4 N–H and O–H groups in total. The molecule has 1 saturated heterocycles. The summed E-state index contributed by atoms with van der Waals surface area (Å²) in [7, 11) is 0. The number of aryl methyl sites for hydroxylation is 1. The van der Waals surface area contributed by atoms with Crippen molar-refractivity contribution in [2.24, 2.45) is 16.8 Å². The lowest BCUT2D eigenvalue weighted by Crippen LogP contribution is -2.30. The van der Waals surface area contributed by atoms with Crippen molar-refractivity contribution in [2.45, 2.75) is 13.0 Å². The van der Waals surface area contributed by atoms with E-state index in [1.807, 2.05) is 19.1 Å². The van der Waals surface area contributed by atoms with Crippen LogP contribution in [-0.4, -0.2) is 17.9 Å². The maximum absolute atomic E-state index is 5.63. The number of epoxide rings is 1. The van der Waals surface area contributed by atoms with Gasteiger partial charge in [0.1, 0.15) is 18.3 Å². The van der Waals surface area contributed by atoms with Crippen molar-refractivity contribution in [3.05, 3.63) is 23.4 Å². The normalized spacial score (nSPS) is 19.5. The molecule has 0 saturated carbocycles. The first-order valence-corrected chi connectivity index (χ1v) is 4.59. The van der Waals surface area contributed by atoms with E-state index in [9.17, 15) is 0 Å². The first-order valence-electron chi connectivity index (χ1n) is 4.59. The Kier molecular flexibility index (Phi) is 2.53. The highest BCUT2D eigenvalue weighted by Crippen LogP contribution is 2.31. The number of hydrogen-bond donors (Lipinski definition) is 2. The van der Waals surface area contributed by atoms with Gasteiger partial charge in [0.15, 0.2) is 0 Å². The predicted octanol–water partition coefficient (Wildman–Crippen LogP) is 0.0434. The molecule has 80 valence electrons. The first-order chi connectivity index (χ1) is 7.22. The van der Waals surface area contributed by atoms with Gasteiger partial charge in [-0.2, -0.15) is 5.10 Å². The number of anilines is 1. The Labute approximate surface area is 87.5 Å². The Bertz CT molecular complexity index is 388. The van der Waals surface area contributed by atoms with Crippen LogP contribution < -0.4 is 16.7 Å². The molecule has 1 aliphatic rings. The van der Waals surface area contributed by atoms with Crippen LogP contribution in [0, 0.1) is 6.92 Å². The summed E-state index contributed by atoms with van der Waals surface area (Å²) >= 11 is 0. The number of hydrazine groups is 1. The van der Waals surface area contributed by atoms with Gasteiger partial charge in [0.2, 0.25) is 0 Å². The summed E-state index contributed by atoms with van der Waals surface area (Å²) < 4.78 is 5.19. The van der Waals surface area contributed by atoms with Gasteiger partial charge in [-0.1, -0.05) is 6.07 Å². The minimum Gasteiger partial charge on any atom is -0.368 e. The molecule has 6 nitrogen and oxygen atoms in total. The molecule has 6 heteroatoms. The van der Waals surface area contributed by atoms with Crippen LogP contribution in [0.2, 0.25) is 0 Å². The second kappa shape index (κ2) is 3.84. The fraction of sp³-hybridized carbons (Fsp3) is 0.333. The molecular weight excluding hydrogens is 194 g/mol. The van der Waals surface area contributed by atoms with E-state index >= 15 is 0 Å². The molecule has 15 heavy (non-hydrogen) atoms. The molecule has 0 aliphatic carbocycles. The Morgan fingerprint density at radius 1 is 1.67 bits per heavy atom. The lowest BCUT2D eigenvalue weighted by molar-refractivity contribution is 0.414. The molecule has 0 bridgehead atoms. The number of rotatable bonds is 3. The first kappa shape index (κ1) is 9.88. The Morgan fingerprint density at radius 3 is 2.93 bits per heavy atom. The van der Waals surface area contributed by atoms with Crippen LogP contribution in [0.4, 0.5) is 5.82 Å². The summed E-state index contributed by atoms with van der Waals surface area (Å²) in [5.41, 5.74) is 2.02. The van der Waals surface area contributed by atoms with Gasteiger partial charge >= 0.3 is 0 Å². The summed E-state index contributed by atoms with van der Waals surface area (Å²) in [5, 5.41) is 4.59. The van der Waals surface area contributed by atoms with E-state index in [1.165, 1.54) is 11.3 Å². The predicted molar refractivity (Wildman–Crippen MR) is 57.0 cm³/mol. The van der Waals surface area contributed by atoms with Crippen LogP contribution in [-0.2, 0) is 4.74 Å². The third kappa shape index (κ3) is 2.05. The second-order valence-electron chi connectivity index (χ2n) is 3.34. The van der Waals surface area contributed by atoms with Crippen LogP contribution in [0.15, 0.2) is 17.2 Å². The van der Waals surface area contributed by atoms with Gasteiger partial charge in [-0.3, -0.25) is 0 Å². The number of nitrogens with two attached hydrogens (primary N) is 2. The average Bonchev–Trinajstić information content (AvgIpc) is 3.01. The van der Waals surface area contributed by atoms with Gasteiger partial charge in [-0.05, 0) is 13.0 Å². The van der Waals surface area contributed by atoms with E-state index in [2.05, 4.69) is 10.1 Å². The molecule has 2 heterocycles. The zero-order valence-electron chi connectivity index (χ0n) is 8.42. The van der Waals surface area contributed by atoms with Crippen LogP contribution in [0.25, 0.3) is 0 Å². The molecular formula is C9H13N5O. The molecule has 0 amide bonds. The number of ether oxygens (including phenoxy) is 1. The van der Waals surface area contributed by atoms with Crippen molar-refractivity contribution in [3.63, 3.8) is 0 Å². The summed E-state index contributed by atoms with van der Waals surface area (Å²) in [5.74, 6) is 11.2. The van der Waals surface area contributed by atoms with Gasteiger partial charge in [0.25, 0.3) is 0 Å². The van der Waals surface area contributed by atoms with Gasteiger partial charge in [-0.25, -0.2) is 15.8 Å². The van der Waals surface area contributed by atoms with E-state index in [-0.39, 0.29) is 6.10 Å². The minimum absolute atomic E-state index is 0.209. The van der Waals surface area contributed by atoms with E-state index in [1.54, 1.807) is 0 Å². The maximum Gasteiger partial charge on any atom is 0.148 e. The minimum atomic E-state index is 0.209. The lowest BCUT2D eigenvalue weighted by atomic mass is 10.1. The van der Waals surface area contributed by atoms with Crippen LogP contribution in [0.3, 0.4) is 0 Å². The number of aromatic nitrogens is 1. The molecule has 1 atom stereocenters. The number of pyridine rings is 1. The van der Waals surface area contributed by atoms with Gasteiger partial charge in [0, 0.05) is 11.3 Å². The Balaban J connectivity index is 2.24. The van der Waals surface area contributed by atoms with Crippen molar-refractivity contribution in [1.82, 2.24) is 4.98 Å². The standard InChI is InChI=1S/C9H13N5O/c1-6-7(8-4-15-8)2-3-9(13-6)14(11)5-12-10/h2-3,5,8H,4,10-11H2,1H3/b12-5-. The third-order valence-electron chi connectivity index (χ3n) is 2.25. The van der Waals surface area contributed by atoms with Gasteiger partial charge in [-0.15, -0.1) is 0 Å². The molecule has 0 aromatic carbocycles. The second-order valence-corrected chi connectivity index (χ2v) is 3.34. The quantitative estimate of drug-likeness (QED) is 0.240. The van der Waals surface area contributed by atoms with E-state index < -0.39 is 0 Å². The SMILES string of the molecule is Cc1nc(N(N)/C=N\N)ccc1C1CO1. The fourth-order valence-electron chi connectivity index (χ4n) is 1.40. The summed E-state index contributed by atoms with van der Waals surface area (Å²) in [6, 6.07) is 3.77. The van der Waals surface area contributed by atoms with Crippen molar-refractivity contribution < 1.29 is 4.74 Å². The molecule has 1 unspecified atom stereocenters. The van der Waals surface area contributed by atoms with Gasteiger partial charge < -0.3 is 10.6 Å². The number of hydrazone groups is 1. The topological polar surface area (TPSA) is 93.1 Å². The molecule has 0 radical (unpaired) electrons. The highest BCUT2D eigenvalue weighted by Gasteiger charge is 2.27. The summed E-state index contributed by atoms with van der Waals surface area (Å²) in [6.07, 6.45) is 1.51. The van der Waals surface area contributed by atoms with Crippen LogP contribution in [0.1, 0.15) is 17.4 Å². The Morgan fingerprint density at radius 2 is 2.40 bits per heavy atom. The maximum atomic E-state index is 5.63. The Hall–Kier alpha value is -1.66. The lowest BCUT2D eigenvalue weighted by Gasteiger charge is -2.12. The van der Waals surface area contributed by atoms with Crippen molar-refractivity contribution in [2.75, 3.05) is 11.6 Å². The zero-order chi connectivity index (χ0) is 10.8. The molecule has 1 aliphatic heterocycles. The smallest absolute Gasteiger partial charge is 0.148 e. The number of hydrogen-bond acceptors (Lipinski definition) is 5. The van der Waals surface area contributed by atoms with Crippen LogP contribution in [0.5, 0.6) is 0 Å². The highest BCUT2D eigenvalue weighted by molar-refractivity contribution is 5.75. The number of nitrogens with zero attached hydrogens (tertiary/aromatic N) is 3. The fourth-order valence-corrected chi connectivity index (χ4v) is 1.40. The third-order valence-corrected chi connectivity index (χ3v) is 2.25. The molecule has 0 spiro atoms. The monoisotopic (exact) mass is 207 g/mol. The molecule has 1 aromatic heterocycles. The van der Waals surface area contributed by atoms with Crippen molar-refractivity contribution in [3.8, 4) is 0 Å². The molecule has 1 aromatic rings. The largest absolute Gasteiger partial charge is 0.368 e. The van der Waals surface area contributed by atoms with E-state index in [4.69, 9.17) is 16.4 Å². The zero-order valence-corrected chi connectivity index (χ0v) is 8.42. The van der Waals surface area contributed by atoms with Crippen LogP contribution >= 0.6 is 0 Å². The highest BCUT2D eigenvalue weighted by atomic mass is 16.6. The average molecular weight is 207 g/mol. The van der Waals surface area contributed by atoms with E-state index in [0.29, 0.717) is 5.82 Å². The summed E-state index contributed by atoms with van der Waals surface area (Å²) in [6.45, 7) is 2.70. The van der Waals surface area contributed by atoms with E-state index in [0.717, 1.165) is 17.9 Å². The molecule has 1 fully saturated rings.